The number of halogens is 1. The summed E-state index contributed by atoms with van der Waals surface area (Å²) in [6, 6.07) is 10.2. The Labute approximate surface area is 112 Å². The maximum Gasteiger partial charge on any atom is 0.0456 e. The molecule has 0 aromatic heterocycles. The van der Waals surface area contributed by atoms with Gasteiger partial charge in [-0.15, -0.1) is 22.9 Å². The van der Waals surface area contributed by atoms with Gasteiger partial charge in [-0.2, -0.15) is 0 Å². The molecule has 0 amide bonds. The molecule has 0 aliphatic carbocycles. The van der Waals surface area contributed by atoms with Crippen LogP contribution in [-0.4, -0.2) is 5.11 Å². The first-order valence-electron chi connectivity index (χ1n) is 3.56. The van der Waals surface area contributed by atoms with Crippen LogP contribution in [0, 0.1) is 56.6 Å². The maximum absolute atomic E-state index is 13.0. The summed E-state index contributed by atoms with van der Waals surface area (Å²) >= 11 is 0. The van der Waals surface area contributed by atoms with E-state index in [0.717, 1.165) is 0 Å². The van der Waals surface area contributed by atoms with Gasteiger partial charge in [0.2, 0.25) is 0 Å². The van der Waals surface area contributed by atoms with Crippen molar-refractivity contribution in [1.29, 1.82) is 0 Å². The molecule has 0 unspecified atom stereocenters. The second kappa shape index (κ2) is 5.53. The summed E-state index contributed by atoms with van der Waals surface area (Å²) in [5.74, 6) is -0.208. The molecule has 80 valence electrons. The third-order valence-corrected chi connectivity index (χ3v) is 1.71. The largest absolute Gasteiger partial charge is 0.551 e. The third-order valence-electron chi connectivity index (χ3n) is 1.71. The molecule has 1 N–H and O–H groups in total. The number of phenolic OH excluding ortho intramolecular Hbond substituents is 1. The van der Waals surface area contributed by atoms with E-state index in [0.29, 0.717) is 10.8 Å². The summed E-state index contributed by atoms with van der Waals surface area (Å²) in [5, 5.41) is 10.1. The van der Waals surface area contributed by atoms with Gasteiger partial charge in [-0.25, -0.2) is 0 Å². The van der Waals surface area contributed by atoms with Gasteiger partial charge < -0.3 is 12.5 Å². The van der Waals surface area contributed by atoms with Gasteiger partial charge in [-0.3, -0.25) is 4.39 Å². The smallest absolute Gasteiger partial charge is 0.0456 e. The Hall–Kier alpha value is -0.323. The minimum Gasteiger partial charge on any atom is -0.551 e. The zero-order valence-electron chi connectivity index (χ0n) is 7.50. The van der Waals surface area contributed by atoms with Gasteiger partial charge >= 0.3 is 0 Å². The van der Waals surface area contributed by atoms with Crippen molar-refractivity contribution in [2.75, 3.05) is 0 Å². The molecule has 0 heterocycles. The number of aromatic hydroxyl groups is 1. The summed E-state index contributed by atoms with van der Waals surface area (Å²) in [6.45, 7) is 0. The van der Waals surface area contributed by atoms with Crippen molar-refractivity contribution in [1.82, 2.24) is 0 Å². The van der Waals surface area contributed by atoms with Crippen molar-refractivity contribution in [2.45, 2.75) is 0 Å². The minimum atomic E-state index is -0.312. The van der Waals surface area contributed by atoms with Gasteiger partial charge in [-0.05, 0) is 0 Å². The average molecular weight is 343 g/mol. The van der Waals surface area contributed by atoms with Gasteiger partial charge in [0.05, 0.1) is 0 Å². The molecule has 0 aliphatic heterocycles. The number of phenols is 1. The molecule has 0 fully saturated rings. The van der Waals surface area contributed by atoms with Gasteiger partial charge in [0.25, 0.3) is 0 Å². The number of benzene rings is 2. The van der Waals surface area contributed by atoms with Crippen molar-refractivity contribution < 1.29 is 46.8 Å². The quantitative estimate of drug-likeness (QED) is 0.729. The first-order chi connectivity index (χ1) is 5.77. The van der Waals surface area contributed by atoms with Gasteiger partial charge in [0.15, 0.2) is 0 Å². The Morgan fingerprint density at radius 3 is 2.71 bits per heavy atom. The monoisotopic (exact) mass is 342 g/mol. The van der Waals surface area contributed by atoms with Crippen LogP contribution in [0.2, 0.25) is 0 Å². The molecule has 0 aliphatic rings. The first-order valence-corrected chi connectivity index (χ1v) is 3.56. The third kappa shape index (κ3) is 2.59. The van der Waals surface area contributed by atoms with Crippen LogP contribution in [-0.2, 0) is 0 Å². The fraction of sp³-hybridized carbons (Fsp3) is 0. The molecule has 0 saturated heterocycles. The first kappa shape index (κ1) is 13.7. The molecule has 2 rings (SSSR count). The fourth-order valence-corrected chi connectivity index (χ4v) is 1.16. The predicted molar refractivity (Wildman–Crippen MR) is 50.8 cm³/mol. The summed E-state index contributed by atoms with van der Waals surface area (Å²) in [5.41, 5.74) is 0. The second-order valence-electron chi connectivity index (χ2n) is 2.56. The van der Waals surface area contributed by atoms with E-state index in [-0.39, 0.29) is 56.3 Å². The van der Waals surface area contributed by atoms with E-state index in [1.165, 1.54) is 18.2 Å². The minimum absolute atomic E-state index is 0. The van der Waals surface area contributed by atoms with Crippen molar-refractivity contribution in [3.05, 3.63) is 49.6 Å². The summed E-state index contributed by atoms with van der Waals surface area (Å²) < 4.78 is 13.0. The Morgan fingerprint density at radius 1 is 1.29 bits per heavy atom. The van der Waals surface area contributed by atoms with Crippen LogP contribution in [0.5, 0.6) is 5.75 Å². The molecule has 1 nitrogen and oxygen atoms in total. The summed E-state index contributed by atoms with van der Waals surface area (Å²) in [7, 11) is 0. The fourth-order valence-electron chi connectivity index (χ4n) is 1.16. The van der Waals surface area contributed by atoms with Crippen molar-refractivity contribution in [2.24, 2.45) is 0 Å². The molecule has 14 heavy (non-hydrogen) atoms. The van der Waals surface area contributed by atoms with E-state index in [1.54, 1.807) is 12.1 Å². The average Bonchev–Trinajstić information content (AvgIpc) is 2.04. The van der Waals surface area contributed by atoms with E-state index in [2.05, 4.69) is 6.07 Å². The molecular formula is C11H9ErFO-2. The van der Waals surface area contributed by atoms with Crippen LogP contribution in [0.1, 0.15) is 0 Å². The van der Waals surface area contributed by atoms with Crippen molar-refractivity contribution in [3.63, 3.8) is 0 Å². The topological polar surface area (TPSA) is 20.2 Å². The van der Waals surface area contributed by atoms with Gasteiger partial charge in [0, 0.05) is 48.9 Å². The number of rotatable bonds is 0. The van der Waals surface area contributed by atoms with Crippen LogP contribution < -0.4 is 0 Å². The Balaban J connectivity index is 0.000000845. The molecule has 0 saturated carbocycles. The Bertz CT molecular complexity index is 429. The summed E-state index contributed by atoms with van der Waals surface area (Å²) in [6.07, 6.45) is 0. The second-order valence-corrected chi connectivity index (χ2v) is 2.56. The number of hydrogen-bond acceptors (Lipinski definition) is 1. The molecule has 0 atom stereocenters. The maximum atomic E-state index is 13.0. The molecule has 0 radical (unpaired) electrons. The Morgan fingerprint density at radius 2 is 2.00 bits per heavy atom. The molecule has 0 bridgehead atoms. The standard InChI is InChI=1S/C10H6FO.CH3.Er/c11-10-3-1-2-7-6-8(12)4-5-9(7)10;;/h1-4,6,12H;1H3;/q2*-1;. The van der Waals surface area contributed by atoms with E-state index in [9.17, 15) is 4.39 Å². The zero-order chi connectivity index (χ0) is 8.55. The predicted octanol–water partition coefficient (Wildman–Crippen LogP) is 2.93. The normalized spacial score (nSPS) is 8.93. The summed E-state index contributed by atoms with van der Waals surface area (Å²) in [4.78, 5) is 0. The Kier molecular flexibility index (Phi) is 5.40. The molecule has 0 spiro atoms. The molecule has 3 heteroatoms. The SMILES string of the molecule is Oc1c[c-]c2c(F)cccc2c1.[CH3-].[Er]. The van der Waals surface area contributed by atoms with Crippen LogP contribution in [0.4, 0.5) is 4.39 Å². The van der Waals surface area contributed by atoms with Crippen molar-refractivity contribution in [3.8, 4) is 5.75 Å². The van der Waals surface area contributed by atoms with E-state index >= 15 is 0 Å². The molecule has 2 aromatic carbocycles. The van der Waals surface area contributed by atoms with E-state index in [4.69, 9.17) is 5.11 Å². The number of hydrogen-bond donors (Lipinski definition) is 1. The van der Waals surface area contributed by atoms with Crippen LogP contribution in [0.15, 0.2) is 30.3 Å². The molecular weight excluding hydrogens is 334 g/mol. The van der Waals surface area contributed by atoms with E-state index in [1.807, 2.05) is 0 Å². The van der Waals surface area contributed by atoms with Crippen molar-refractivity contribution >= 4 is 10.8 Å². The van der Waals surface area contributed by atoms with Gasteiger partial charge in [0.1, 0.15) is 0 Å². The molecule has 2 aromatic rings. The van der Waals surface area contributed by atoms with E-state index < -0.39 is 0 Å². The van der Waals surface area contributed by atoms with Crippen LogP contribution >= 0.6 is 0 Å². The number of fused-ring (bicyclic) bond motifs is 1. The van der Waals surface area contributed by atoms with Crippen LogP contribution in [0.25, 0.3) is 10.8 Å². The van der Waals surface area contributed by atoms with Gasteiger partial charge in [-0.1, -0.05) is 24.3 Å². The zero-order valence-corrected chi connectivity index (χ0v) is 9.35. The van der Waals surface area contributed by atoms with Crippen LogP contribution in [0.3, 0.4) is 0 Å².